The molecule has 1 unspecified atom stereocenters. The average Bonchev–Trinajstić information content (AvgIpc) is 3.12. The molecule has 4 aromatic carbocycles. The number of anilines is 1. The summed E-state index contributed by atoms with van der Waals surface area (Å²) in [6, 6.07) is 29.4. The maximum Gasteiger partial charge on any atom is 0.264 e. The van der Waals surface area contributed by atoms with E-state index in [1.54, 1.807) is 35.2 Å². The molecule has 0 aliphatic heterocycles. The van der Waals surface area contributed by atoms with E-state index in [-0.39, 0.29) is 35.6 Å². The Morgan fingerprint density at radius 1 is 0.796 bits per heavy atom. The van der Waals surface area contributed by atoms with Gasteiger partial charge < -0.3 is 19.7 Å². The van der Waals surface area contributed by atoms with Crippen LogP contribution >= 0.6 is 0 Å². The molecule has 1 atom stereocenters. The van der Waals surface area contributed by atoms with Crippen molar-refractivity contribution >= 4 is 27.5 Å². The minimum absolute atomic E-state index is 0.0293. The molecule has 0 heterocycles. The molecule has 0 saturated heterocycles. The van der Waals surface area contributed by atoms with Crippen LogP contribution in [0.25, 0.3) is 0 Å². The molecule has 258 valence electrons. The Balaban J connectivity index is 1.56. The number of sulfonamides is 1. The topological polar surface area (TPSA) is 105 Å². The number of aryl methyl sites for hydroxylation is 1. The second kappa shape index (κ2) is 16.5. The lowest BCUT2D eigenvalue weighted by molar-refractivity contribution is -0.140. The molecule has 9 nitrogen and oxygen atoms in total. The zero-order chi connectivity index (χ0) is 34.8. The number of methoxy groups -OCH3 is 2. The van der Waals surface area contributed by atoms with Crippen molar-refractivity contribution in [3.05, 3.63) is 120 Å². The first kappa shape index (κ1) is 35.5. The summed E-state index contributed by atoms with van der Waals surface area (Å²) in [5.74, 6) is -0.132. The van der Waals surface area contributed by atoms with Crippen LogP contribution in [0.3, 0.4) is 0 Å². The number of benzene rings is 4. The molecule has 1 saturated carbocycles. The van der Waals surface area contributed by atoms with Gasteiger partial charge in [0.2, 0.25) is 11.8 Å². The number of ether oxygens (including phenoxy) is 2. The van der Waals surface area contributed by atoms with Crippen LogP contribution in [0.1, 0.15) is 48.8 Å². The van der Waals surface area contributed by atoms with Crippen molar-refractivity contribution in [2.45, 2.75) is 69.0 Å². The standard InChI is InChI=1S/C39H45N3O6S/c1-29-14-13-17-31(24-29)27-41(35(25-30-15-7-4-8-16-30)39(44)40-32-18-9-5-10-19-32)38(43)28-42(33-20-11-6-12-21-33)49(45,46)34-22-23-36(47-2)37(26-34)48-3/h4,6-8,11-17,20-24,26,32,35H,5,9-10,18-19,25,27-28H2,1-3H3,(H,40,44). The number of amides is 2. The molecule has 49 heavy (non-hydrogen) atoms. The second-order valence-electron chi connectivity index (χ2n) is 12.4. The quantitative estimate of drug-likeness (QED) is 0.167. The van der Waals surface area contributed by atoms with Crippen LogP contribution in [0.4, 0.5) is 5.69 Å². The van der Waals surface area contributed by atoms with E-state index in [0.717, 1.165) is 53.1 Å². The Kier molecular flexibility index (Phi) is 12.0. The maximum absolute atomic E-state index is 14.7. The predicted molar refractivity (Wildman–Crippen MR) is 191 cm³/mol. The van der Waals surface area contributed by atoms with Gasteiger partial charge in [0.15, 0.2) is 11.5 Å². The third kappa shape index (κ3) is 9.00. The molecular formula is C39H45N3O6S. The number of nitrogens with zero attached hydrogens (tertiary/aromatic N) is 2. The van der Waals surface area contributed by atoms with Gasteiger partial charge in [-0.05, 0) is 55.2 Å². The normalized spacial score (nSPS) is 14.0. The summed E-state index contributed by atoms with van der Waals surface area (Å²) >= 11 is 0. The molecule has 4 aromatic rings. The fraction of sp³-hybridized carbons (Fsp3) is 0.333. The number of hydrogen-bond acceptors (Lipinski definition) is 6. The van der Waals surface area contributed by atoms with Crippen LogP contribution in [0, 0.1) is 6.92 Å². The summed E-state index contributed by atoms with van der Waals surface area (Å²) in [5.41, 5.74) is 3.06. The smallest absolute Gasteiger partial charge is 0.264 e. The van der Waals surface area contributed by atoms with Gasteiger partial charge >= 0.3 is 0 Å². The third-order valence-corrected chi connectivity index (χ3v) is 10.7. The SMILES string of the molecule is COc1ccc(S(=O)(=O)N(CC(=O)N(Cc2cccc(C)c2)C(Cc2ccccc2)C(=O)NC2CCCCC2)c2ccccc2)cc1OC. The number of rotatable bonds is 14. The fourth-order valence-electron chi connectivity index (χ4n) is 6.33. The van der Waals surface area contributed by atoms with Crippen molar-refractivity contribution in [2.75, 3.05) is 25.1 Å². The van der Waals surface area contributed by atoms with Gasteiger partial charge in [0.25, 0.3) is 10.0 Å². The highest BCUT2D eigenvalue weighted by atomic mass is 32.2. The maximum atomic E-state index is 14.7. The van der Waals surface area contributed by atoms with Crippen LogP contribution in [0.5, 0.6) is 11.5 Å². The Hall–Kier alpha value is -4.83. The van der Waals surface area contributed by atoms with Crippen LogP contribution < -0.4 is 19.1 Å². The molecular weight excluding hydrogens is 639 g/mol. The van der Waals surface area contributed by atoms with Crippen molar-refractivity contribution in [1.82, 2.24) is 10.2 Å². The predicted octanol–water partition coefficient (Wildman–Crippen LogP) is 6.30. The van der Waals surface area contributed by atoms with Gasteiger partial charge in [-0.25, -0.2) is 8.42 Å². The Morgan fingerprint density at radius 3 is 2.10 bits per heavy atom. The average molecular weight is 684 g/mol. The number of carbonyl (C=O) groups excluding carboxylic acids is 2. The molecule has 0 aromatic heterocycles. The van der Waals surface area contributed by atoms with E-state index in [1.165, 1.54) is 32.4 Å². The van der Waals surface area contributed by atoms with Crippen LogP contribution in [0.15, 0.2) is 108 Å². The largest absolute Gasteiger partial charge is 0.493 e. The van der Waals surface area contributed by atoms with Gasteiger partial charge in [-0.2, -0.15) is 0 Å². The summed E-state index contributed by atoms with van der Waals surface area (Å²) < 4.78 is 40.6. The highest BCUT2D eigenvalue weighted by Gasteiger charge is 2.35. The molecule has 0 spiro atoms. The third-order valence-electron chi connectivity index (χ3n) is 8.92. The van der Waals surface area contributed by atoms with Gasteiger partial charge in [-0.15, -0.1) is 0 Å². The number of para-hydroxylation sites is 1. The summed E-state index contributed by atoms with van der Waals surface area (Å²) in [6.45, 7) is 1.56. The Bertz CT molecular complexity index is 1810. The summed E-state index contributed by atoms with van der Waals surface area (Å²) in [4.78, 5) is 30.5. The van der Waals surface area contributed by atoms with E-state index in [0.29, 0.717) is 11.4 Å². The van der Waals surface area contributed by atoms with Crippen LogP contribution in [0.2, 0.25) is 0 Å². The number of carbonyl (C=O) groups is 2. The first-order chi connectivity index (χ1) is 23.7. The molecule has 0 bridgehead atoms. The minimum atomic E-state index is -4.30. The minimum Gasteiger partial charge on any atom is -0.493 e. The summed E-state index contributed by atoms with van der Waals surface area (Å²) in [5, 5.41) is 3.25. The second-order valence-corrected chi connectivity index (χ2v) is 14.3. The molecule has 5 rings (SSSR count). The zero-order valence-corrected chi connectivity index (χ0v) is 29.2. The Morgan fingerprint density at radius 2 is 1.45 bits per heavy atom. The monoisotopic (exact) mass is 683 g/mol. The lowest BCUT2D eigenvalue weighted by Gasteiger charge is -2.35. The molecule has 1 N–H and O–H groups in total. The van der Waals surface area contributed by atoms with Gasteiger partial charge in [-0.1, -0.05) is 97.6 Å². The van der Waals surface area contributed by atoms with E-state index in [9.17, 15) is 18.0 Å². The molecule has 1 fully saturated rings. The molecule has 1 aliphatic carbocycles. The van der Waals surface area contributed by atoms with E-state index in [2.05, 4.69) is 5.32 Å². The summed E-state index contributed by atoms with van der Waals surface area (Å²) in [7, 11) is -1.39. The highest BCUT2D eigenvalue weighted by molar-refractivity contribution is 7.92. The van der Waals surface area contributed by atoms with Crippen molar-refractivity contribution in [1.29, 1.82) is 0 Å². The van der Waals surface area contributed by atoms with Crippen molar-refractivity contribution in [3.63, 3.8) is 0 Å². The number of hydrogen-bond donors (Lipinski definition) is 1. The molecule has 2 amide bonds. The van der Waals surface area contributed by atoms with E-state index in [4.69, 9.17) is 9.47 Å². The Labute approximate surface area is 289 Å². The zero-order valence-electron chi connectivity index (χ0n) is 28.4. The fourth-order valence-corrected chi connectivity index (χ4v) is 7.76. The van der Waals surface area contributed by atoms with Crippen molar-refractivity contribution < 1.29 is 27.5 Å². The summed E-state index contributed by atoms with van der Waals surface area (Å²) in [6.07, 6.45) is 5.27. The van der Waals surface area contributed by atoms with Crippen LogP contribution in [-0.4, -0.2) is 58.0 Å². The van der Waals surface area contributed by atoms with E-state index < -0.39 is 28.5 Å². The first-order valence-electron chi connectivity index (χ1n) is 16.7. The van der Waals surface area contributed by atoms with Gasteiger partial charge in [0.1, 0.15) is 12.6 Å². The molecule has 10 heteroatoms. The van der Waals surface area contributed by atoms with E-state index >= 15 is 0 Å². The van der Waals surface area contributed by atoms with Crippen molar-refractivity contribution in [3.8, 4) is 11.5 Å². The molecule has 1 aliphatic rings. The van der Waals surface area contributed by atoms with Gasteiger partial charge in [0.05, 0.1) is 24.8 Å². The van der Waals surface area contributed by atoms with Crippen molar-refractivity contribution in [2.24, 2.45) is 0 Å². The van der Waals surface area contributed by atoms with Crippen LogP contribution in [-0.2, 0) is 32.6 Å². The molecule has 0 radical (unpaired) electrons. The van der Waals surface area contributed by atoms with Gasteiger partial charge in [-0.3, -0.25) is 13.9 Å². The first-order valence-corrected chi connectivity index (χ1v) is 18.1. The lowest BCUT2D eigenvalue weighted by Crippen LogP contribution is -2.55. The lowest BCUT2D eigenvalue weighted by atomic mass is 9.94. The number of nitrogens with one attached hydrogen (secondary N) is 1. The van der Waals surface area contributed by atoms with E-state index in [1.807, 2.05) is 61.5 Å². The van der Waals surface area contributed by atoms with Gasteiger partial charge in [0, 0.05) is 25.1 Å². The highest BCUT2D eigenvalue weighted by Crippen LogP contribution is 2.32.